The lowest BCUT2D eigenvalue weighted by Crippen LogP contribution is -2.15. The van der Waals surface area contributed by atoms with Gasteiger partial charge in [0.2, 0.25) is 0 Å². The number of nitrogens with zero attached hydrogens (tertiary/aromatic N) is 3. The van der Waals surface area contributed by atoms with Gasteiger partial charge in [-0.15, -0.1) is 5.10 Å². The van der Waals surface area contributed by atoms with Gasteiger partial charge in [-0.05, 0) is 33.0 Å². The van der Waals surface area contributed by atoms with E-state index in [1.54, 1.807) is 0 Å². The number of aromatic nitrogens is 3. The van der Waals surface area contributed by atoms with E-state index >= 15 is 0 Å². The van der Waals surface area contributed by atoms with Crippen molar-refractivity contribution in [1.82, 2.24) is 15.0 Å². The maximum atomic E-state index is 4.44. The highest BCUT2D eigenvalue weighted by atomic mass is 15.4. The third-order valence-electron chi connectivity index (χ3n) is 4.22. The standard InChI is InChI=1S/C21H21N3/c1-21(2,3)14-24-13-20(22-23-24)19-12-15-8-4-5-9-16(15)17-10-6-7-11-18(17)19/h4-13H,14H2,1-3H3. The molecule has 0 aliphatic rings. The quantitative estimate of drug-likeness (QED) is 0.470. The molecular formula is C21H21N3. The normalized spacial score (nSPS) is 12.1. The van der Waals surface area contributed by atoms with Crippen LogP contribution < -0.4 is 0 Å². The summed E-state index contributed by atoms with van der Waals surface area (Å²) < 4.78 is 1.94. The highest BCUT2D eigenvalue weighted by Crippen LogP contribution is 2.33. The van der Waals surface area contributed by atoms with Crippen LogP contribution in [0.4, 0.5) is 0 Å². The van der Waals surface area contributed by atoms with Crippen LogP contribution in [0.2, 0.25) is 0 Å². The van der Waals surface area contributed by atoms with E-state index in [0.717, 1.165) is 17.8 Å². The monoisotopic (exact) mass is 315 g/mol. The molecule has 0 amide bonds. The average Bonchev–Trinajstić information content (AvgIpc) is 3.00. The summed E-state index contributed by atoms with van der Waals surface area (Å²) in [6.45, 7) is 7.48. The summed E-state index contributed by atoms with van der Waals surface area (Å²) in [6.07, 6.45) is 2.06. The van der Waals surface area contributed by atoms with Crippen molar-refractivity contribution in [3.8, 4) is 11.3 Å². The van der Waals surface area contributed by atoms with Gasteiger partial charge >= 0.3 is 0 Å². The van der Waals surface area contributed by atoms with Crippen molar-refractivity contribution in [3.63, 3.8) is 0 Å². The SMILES string of the molecule is CC(C)(C)Cn1cc(-c2cc3ccccc3c3ccccc23)nn1. The molecule has 0 atom stereocenters. The predicted molar refractivity (Wildman–Crippen MR) is 99.9 cm³/mol. The van der Waals surface area contributed by atoms with Crippen molar-refractivity contribution in [2.45, 2.75) is 27.3 Å². The minimum absolute atomic E-state index is 0.177. The van der Waals surface area contributed by atoms with E-state index < -0.39 is 0 Å². The van der Waals surface area contributed by atoms with Crippen LogP contribution >= 0.6 is 0 Å². The first-order chi connectivity index (χ1) is 11.5. The van der Waals surface area contributed by atoms with E-state index in [1.807, 2.05) is 4.68 Å². The van der Waals surface area contributed by atoms with Crippen molar-refractivity contribution in [2.75, 3.05) is 0 Å². The third-order valence-corrected chi connectivity index (χ3v) is 4.22. The molecule has 0 aliphatic carbocycles. The van der Waals surface area contributed by atoms with Crippen LogP contribution in [0.15, 0.2) is 60.8 Å². The van der Waals surface area contributed by atoms with E-state index in [0.29, 0.717) is 0 Å². The van der Waals surface area contributed by atoms with Gasteiger partial charge < -0.3 is 0 Å². The fraction of sp³-hybridized carbons (Fsp3) is 0.238. The smallest absolute Gasteiger partial charge is 0.113 e. The Kier molecular flexibility index (Phi) is 3.38. The van der Waals surface area contributed by atoms with Crippen molar-refractivity contribution in [3.05, 3.63) is 60.8 Å². The second-order valence-electron chi connectivity index (χ2n) is 7.55. The largest absolute Gasteiger partial charge is 0.251 e. The Bertz CT molecular complexity index is 1020. The van der Waals surface area contributed by atoms with Crippen molar-refractivity contribution in [2.24, 2.45) is 5.41 Å². The number of hydrogen-bond acceptors (Lipinski definition) is 2. The molecule has 4 rings (SSSR count). The minimum atomic E-state index is 0.177. The van der Waals surface area contributed by atoms with Crippen LogP contribution in [0.5, 0.6) is 0 Å². The van der Waals surface area contributed by atoms with Crippen molar-refractivity contribution < 1.29 is 0 Å². The molecule has 3 heteroatoms. The van der Waals surface area contributed by atoms with Crippen molar-refractivity contribution in [1.29, 1.82) is 0 Å². The third kappa shape index (κ3) is 2.67. The minimum Gasteiger partial charge on any atom is -0.251 e. The van der Waals surface area contributed by atoms with E-state index in [-0.39, 0.29) is 5.41 Å². The van der Waals surface area contributed by atoms with Crippen LogP contribution in [0, 0.1) is 5.41 Å². The Morgan fingerprint density at radius 1 is 0.875 bits per heavy atom. The highest BCUT2D eigenvalue weighted by Gasteiger charge is 2.15. The lowest BCUT2D eigenvalue weighted by molar-refractivity contribution is 0.321. The number of fused-ring (bicyclic) bond motifs is 3. The predicted octanol–water partition coefficient (Wildman–Crippen LogP) is 5.30. The molecule has 4 aromatic rings. The number of rotatable bonds is 2. The van der Waals surface area contributed by atoms with E-state index in [2.05, 4.69) is 91.9 Å². The lowest BCUT2D eigenvalue weighted by atomic mass is 9.96. The molecule has 3 aromatic carbocycles. The summed E-state index contributed by atoms with van der Waals surface area (Å²) in [6, 6.07) is 19.3. The molecule has 0 spiro atoms. The summed E-state index contributed by atoms with van der Waals surface area (Å²) in [5.41, 5.74) is 2.25. The van der Waals surface area contributed by atoms with Gasteiger partial charge in [-0.25, -0.2) is 0 Å². The van der Waals surface area contributed by atoms with Gasteiger partial charge in [0.15, 0.2) is 0 Å². The molecule has 24 heavy (non-hydrogen) atoms. The van der Waals surface area contributed by atoms with E-state index in [9.17, 15) is 0 Å². The van der Waals surface area contributed by atoms with Gasteiger partial charge in [0.25, 0.3) is 0 Å². The van der Waals surface area contributed by atoms with E-state index in [1.165, 1.54) is 21.5 Å². The van der Waals surface area contributed by atoms with Crippen LogP contribution in [0.3, 0.4) is 0 Å². The Hall–Kier alpha value is -2.68. The molecule has 0 saturated carbocycles. The zero-order valence-electron chi connectivity index (χ0n) is 14.3. The summed E-state index contributed by atoms with van der Waals surface area (Å²) >= 11 is 0. The van der Waals surface area contributed by atoms with Gasteiger partial charge in [-0.3, -0.25) is 4.68 Å². The topological polar surface area (TPSA) is 30.7 Å². The molecule has 0 N–H and O–H groups in total. The highest BCUT2D eigenvalue weighted by molar-refractivity contribution is 6.13. The summed E-state index contributed by atoms with van der Waals surface area (Å²) in [4.78, 5) is 0. The number of hydrogen-bond donors (Lipinski definition) is 0. The Balaban J connectivity index is 1.92. The average molecular weight is 315 g/mol. The second kappa shape index (κ2) is 5.45. The van der Waals surface area contributed by atoms with Gasteiger partial charge in [0, 0.05) is 12.1 Å². The molecule has 3 nitrogen and oxygen atoms in total. The van der Waals surface area contributed by atoms with Gasteiger partial charge in [-0.2, -0.15) is 0 Å². The zero-order chi connectivity index (χ0) is 16.7. The van der Waals surface area contributed by atoms with Crippen molar-refractivity contribution >= 4 is 21.5 Å². The first-order valence-electron chi connectivity index (χ1n) is 8.32. The van der Waals surface area contributed by atoms with Gasteiger partial charge in [0.05, 0.1) is 6.20 Å². The van der Waals surface area contributed by atoms with Crippen LogP contribution in [-0.2, 0) is 6.54 Å². The Morgan fingerprint density at radius 2 is 1.54 bits per heavy atom. The lowest BCUT2D eigenvalue weighted by Gasteiger charge is -2.16. The van der Waals surface area contributed by atoms with E-state index in [4.69, 9.17) is 0 Å². The molecule has 0 radical (unpaired) electrons. The van der Waals surface area contributed by atoms with Gasteiger partial charge in [0.1, 0.15) is 5.69 Å². The summed E-state index contributed by atoms with van der Waals surface area (Å²) in [5, 5.41) is 13.8. The van der Waals surface area contributed by atoms with Crippen LogP contribution in [0.1, 0.15) is 20.8 Å². The summed E-state index contributed by atoms with van der Waals surface area (Å²) in [7, 11) is 0. The first-order valence-corrected chi connectivity index (χ1v) is 8.32. The fourth-order valence-corrected chi connectivity index (χ4v) is 3.25. The molecular weight excluding hydrogens is 294 g/mol. The number of benzene rings is 3. The molecule has 0 fully saturated rings. The molecule has 0 aliphatic heterocycles. The zero-order valence-corrected chi connectivity index (χ0v) is 14.3. The summed E-state index contributed by atoms with van der Waals surface area (Å²) in [5.74, 6) is 0. The molecule has 0 saturated heterocycles. The molecule has 1 heterocycles. The molecule has 120 valence electrons. The maximum Gasteiger partial charge on any atom is 0.113 e. The Morgan fingerprint density at radius 3 is 2.29 bits per heavy atom. The first kappa shape index (κ1) is 14.9. The molecule has 0 unspecified atom stereocenters. The van der Waals surface area contributed by atoms with Gasteiger partial charge in [-0.1, -0.05) is 74.5 Å². The van der Waals surface area contributed by atoms with Crippen LogP contribution in [0.25, 0.3) is 32.8 Å². The molecule has 1 aromatic heterocycles. The second-order valence-corrected chi connectivity index (χ2v) is 7.55. The van der Waals surface area contributed by atoms with Crippen LogP contribution in [-0.4, -0.2) is 15.0 Å². The fourth-order valence-electron chi connectivity index (χ4n) is 3.25. The molecule has 0 bridgehead atoms. The maximum absolute atomic E-state index is 4.44. The Labute approximate surface area is 141 Å².